The monoisotopic (exact) mass is 330 g/mol. The Morgan fingerprint density at radius 3 is 2.59 bits per heavy atom. The van der Waals surface area contributed by atoms with E-state index in [4.69, 9.17) is 16.3 Å². The third kappa shape index (κ3) is 4.36. The van der Waals surface area contributed by atoms with Crippen molar-refractivity contribution in [3.05, 3.63) is 53.2 Å². The van der Waals surface area contributed by atoms with Gasteiger partial charge in [-0.25, -0.2) is 4.98 Å². The van der Waals surface area contributed by atoms with Crippen LogP contribution < -0.4 is 10.1 Å². The van der Waals surface area contributed by atoms with Crippen LogP contribution in [0.5, 0.6) is 5.75 Å². The molecular formula is C14H10ClF3N2O2. The number of carbonyl (C=O) groups excluding carboxylic acids is 1. The molecule has 2 rings (SSSR count). The van der Waals surface area contributed by atoms with Gasteiger partial charge < -0.3 is 10.1 Å². The molecule has 0 saturated carbocycles. The number of aromatic nitrogens is 1. The fourth-order valence-corrected chi connectivity index (χ4v) is 1.71. The Bertz CT molecular complexity index is 660. The number of para-hydroxylation sites is 1. The van der Waals surface area contributed by atoms with Crippen LogP contribution >= 0.6 is 11.6 Å². The van der Waals surface area contributed by atoms with E-state index in [9.17, 15) is 18.0 Å². The normalized spacial score (nSPS) is 11.1. The predicted molar refractivity (Wildman–Crippen MR) is 74.8 cm³/mol. The summed E-state index contributed by atoms with van der Waals surface area (Å²) in [6.45, 7) is -0.572. The van der Waals surface area contributed by atoms with Crippen molar-refractivity contribution < 1.29 is 22.7 Å². The van der Waals surface area contributed by atoms with Crippen LogP contribution in [-0.2, 0) is 11.0 Å². The minimum Gasteiger partial charge on any atom is -0.483 e. The lowest BCUT2D eigenvalue weighted by atomic mass is 10.2. The van der Waals surface area contributed by atoms with Crippen LogP contribution in [0.3, 0.4) is 0 Å². The summed E-state index contributed by atoms with van der Waals surface area (Å²) in [4.78, 5) is 15.5. The molecular weight excluding hydrogens is 321 g/mol. The number of hydrogen-bond acceptors (Lipinski definition) is 3. The van der Waals surface area contributed by atoms with E-state index < -0.39 is 30.0 Å². The number of halogens is 4. The summed E-state index contributed by atoms with van der Waals surface area (Å²) in [7, 11) is 0. The Kier molecular flexibility index (Phi) is 4.87. The van der Waals surface area contributed by atoms with Gasteiger partial charge in [0.2, 0.25) is 0 Å². The van der Waals surface area contributed by atoms with E-state index in [-0.39, 0.29) is 5.82 Å². The van der Waals surface area contributed by atoms with Crippen molar-refractivity contribution in [1.29, 1.82) is 0 Å². The molecule has 2 aromatic rings. The number of pyridine rings is 1. The van der Waals surface area contributed by atoms with E-state index in [2.05, 4.69) is 10.3 Å². The molecule has 1 aromatic heterocycles. The highest BCUT2D eigenvalue weighted by atomic mass is 35.5. The second-order valence-electron chi connectivity index (χ2n) is 4.19. The van der Waals surface area contributed by atoms with Crippen LogP contribution in [0.1, 0.15) is 5.56 Å². The second-order valence-corrected chi connectivity index (χ2v) is 4.63. The summed E-state index contributed by atoms with van der Waals surface area (Å²) in [6.07, 6.45) is -3.22. The average Bonchev–Trinajstić information content (AvgIpc) is 2.47. The molecule has 8 heteroatoms. The quantitative estimate of drug-likeness (QED) is 0.928. The third-order valence-electron chi connectivity index (χ3n) is 2.55. The van der Waals surface area contributed by atoms with Crippen LogP contribution in [0.25, 0.3) is 0 Å². The Hall–Kier alpha value is -2.28. The summed E-state index contributed by atoms with van der Waals surface area (Å²) in [5.41, 5.74) is -0.938. The zero-order chi connectivity index (χ0) is 16.2. The van der Waals surface area contributed by atoms with E-state index in [1.807, 2.05) is 0 Å². The summed E-state index contributed by atoms with van der Waals surface area (Å²) in [5.74, 6) is -0.817. The van der Waals surface area contributed by atoms with Crippen LogP contribution in [0.2, 0.25) is 5.02 Å². The number of benzene rings is 1. The highest BCUT2D eigenvalue weighted by molar-refractivity contribution is 6.30. The standard InChI is InChI=1S/C14H10ClF3N2O2/c15-9-5-6-12(19-7-9)20-13(21)8-22-11-4-2-1-3-10(11)14(16,17)18/h1-7H,8H2,(H,19,20,21). The van der Waals surface area contributed by atoms with Crippen LogP contribution in [0.4, 0.5) is 19.0 Å². The van der Waals surface area contributed by atoms with Crippen molar-refractivity contribution in [2.24, 2.45) is 0 Å². The van der Waals surface area contributed by atoms with Crippen molar-refractivity contribution in [3.63, 3.8) is 0 Å². The number of nitrogens with one attached hydrogen (secondary N) is 1. The molecule has 0 radical (unpaired) electrons. The van der Waals surface area contributed by atoms with Crippen molar-refractivity contribution in [2.45, 2.75) is 6.18 Å². The molecule has 116 valence electrons. The number of alkyl halides is 3. The Labute approximate surface area is 128 Å². The Balaban J connectivity index is 1.98. The van der Waals surface area contributed by atoms with Gasteiger partial charge in [0.05, 0.1) is 10.6 Å². The van der Waals surface area contributed by atoms with Gasteiger partial charge in [0.1, 0.15) is 11.6 Å². The van der Waals surface area contributed by atoms with Gasteiger partial charge in [-0.05, 0) is 24.3 Å². The van der Waals surface area contributed by atoms with Gasteiger partial charge in [0, 0.05) is 6.20 Å². The van der Waals surface area contributed by atoms with Crippen molar-refractivity contribution in [1.82, 2.24) is 4.98 Å². The number of amides is 1. The molecule has 0 spiro atoms. The third-order valence-corrected chi connectivity index (χ3v) is 2.77. The maximum Gasteiger partial charge on any atom is 0.419 e. The lowest BCUT2D eigenvalue weighted by molar-refractivity contribution is -0.139. The molecule has 0 aliphatic heterocycles. The molecule has 0 unspecified atom stereocenters. The van der Waals surface area contributed by atoms with Gasteiger partial charge in [0.25, 0.3) is 5.91 Å². The maximum absolute atomic E-state index is 12.8. The molecule has 0 aliphatic carbocycles. The smallest absolute Gasteiger partial charge is 0.419 e. The largest absolute Gasteiger partial charge is 0.483 e. The van der Waals surface area contributed by atoms with Crippen molar-refractivity contribution in [3.8, 4) is 5.75 Å². The zero-order valence-corrected chi connectivity index (χ0v) is 11.8. The maximum atomic E-state index is 12.8. The zero-order valence-electron chi connectivity index (χ0n) is 11.0. The first-order chi connectivity index (χ1) is 10.4. The molecule has 1 N–H and O–H groups in total. The first-order valence-corrected chi connectivity index (χ1v) is 6.44. The van der Waals surface area contributed by atoms with Gasteiger partial charge in [-0.1, -0.05) is 23.7 Å². The molecule has 1 aromatic carbocycles. The molecule has 0 fully saturated rings. The Morgan fingerprint density at radius 1 is 1.23 bits per heavy atom. The highest BCUT2D eigenvalue weighted by Gasteiger charge is 2.34. The summed E-state index contributed by atoms with van der Waals surface area (Å²) < 4.78 is 43.2. The van der Waals surface area contributed by atoms with Crippen LogP contribution in [0, 0.1) is 0 Å². The van der Waals surface area contributed by atoms with Gasteiger partial charge in [0.15, 0.2) is 6.61 Å². The number of ether oxygens (including phenoxy) is 1. The van der Waals surface area contributed by atoms with Crippen molar-refractivity contribution in [2.75, 3.05) is 11.9 Å². The van der Waals surface area contributed by atoms with Crippen LogP contribution in [0.15, 0.2) is 42.6 Å². The van der Waals surface area contributed by atoms with Crippen molar-refractivity contribution >= 4 is 23.3 Å². The van der Waals surface area contributed by atoms with Crippen LogP contribution in [-0.4, -0.2) is 17.5 Å². The first kappa shape index (κ1) is 16.1. The minimum atomic E-state index is -4.55. The van der Waals surface area contributed by atoms with Gasteiger partial charge in [-0.3, -0.25) is 4.79 Å². The molecule has 0 aliphatic rings. The molecule has 1 heterocycles. The van der Waals surface area contributed by atoms with Gasteiger partial charge >= 0.3 is 6.18 Å². The average molecular weight is 331 g/mol. The van der Waals surface area contributed by atoms with E-state index in [1.54, 1.807) is 0 Å². The van der Waals surface area contributed by atoms with E-state index in [0.29, 0.717) is 5.02 Å². The molecule has 0 atom stereocenters. The topological polar surface area (TPSA) is 51.2 Å². The first-order valence-electron chi connectivity index (χ1n) is 6.06. The fourth-order valence-electron chi connectivity index (χ4n) is 1.60. The number of hydrogen-bond donors (Lipinski definition) is 1. The number of rotatable bonds is 4. The molecule has 1 amide bonds. The minimum absolute atomic E-state index is 0.224. The number of nitrogens with zero attached hydrogens (tertiary/aromatic N) is 1. The highest BCUT2D eigenvalue weighted by Crippen LogP contribution is 2.35. The molecule has 4 nitrogen and oxygen atoms in total. The fraction of sp³-hybridized carbons (Fsp3) is 0.143. The second kappa shape index (κ2) is 6.65. The number of anilines is 1. The molecule has 22 heavy (non-hydrogen) atoms. The molecule has 0 bridgehead atoms. The Morgan fingerprint density at radius 2 is 1.95 bits per heavy atom. The molecule has 0 saturated heterocycles. The summed E-state index contributed by atoms with van der Waals surface area (Å²) >= 11 is 5.64. The number of carbonyl (C=O) groups is 1. The van der Waals surface area contributed by atoms with E-state index >= 15 is 0 Å². The lowest BCUT2D eigenvalue weighted by Crippen LogP contribution is -2.21. The van der Waals surface area contributed by atoms with Gasteiger partial charge in [-0.15, -0.1) is 0 Å². The SMILES string of the molecule is O=C(COc1ccccc1C(F)(F)F)Nc1ccc(Cl)cn1. The summed E-state index contributed by atoms with van der Waals surface area (Å²) in [5, 5.41) is 2.78. The van der Waals surface area contributed by atoms with E-state index in [1.165, 1.54) is 30.5 Å². The summed E-state index contributed by atoms with van der Waals surface area (Å²) in [6, 6.07) is 7.65. The van der Waals surface area contributed by atoms with Gasteiger partial charge in [-0.2, -0.15) is 13.2 Å². The predicted octanol–water partition coefficient (Wildman–Crippen LogP) is 3.77. The van der Waals surface area contributed by atoms with E-state index in [0.717, 1.165) is 12.1 Å². The lowest BCUT2D eigenvalue weighted by Gasteiger charge is -2.13.